The van der Waals surface area contributed by atoms with E-state index < -0.39 is 0 Å². The average Bonchev–Trinajstić information content (AvgIpc) is 2.43. The zero-order chi connectivity index (χ0) is 14.1. The largest absolute Gasteiger partial charge is 0.394 e. The SMILES string of the molecule is CCNC(CO)(CSCCC(C)C)c1ccccc1. The predicted molar refractivity (Wildman–Crippen MR) is 85.7 cm³/mol. The number of thioether (sulfide) groups is 1. The van der Waals surface area contributed by atoms with E-state index in [1.165, 1.54) is 12.0 Å². The molecule has 0 saturated heterocycles. The maximum Gasteiger partial charge on any atom is 0.0760 e. The van der Waals surface area contributed by atoms with Gasteiger partial charge in [0.15, 0.2) is 0 Å². The van der Waals surface area contributed by atoms with Crippen molar-refractivity contribution in [2.24, 2.45) is 5.92 Å². The van der Waals surface area contributed by atoms with Gasteiger partial charge in [-0.05, 0) is 30.2 Å². The molecule has 1 aromatic rings. The first-order chi connectivity index (χ1) is 9.14. The molecule has 3 heteroatoms. The standard InChI is InChI=1S/C16H27NOS/c1-4-17-16(12-18,13-19-11-10-14(2)3)15-8-6-5-7-9-15/h5-9,14,17-18H,4,10-13H2,1-3H3. The zero-order valence-corrected chi connectivity index (χ0v) is 13.2. The molecule has 1 unspecified atom stereocenters. The second kappa shape index (κ2) is 8.62. The second-order valence-electron chi connectivity index (χ2n) is 5.37. The molecule has 0 spiro atoms. The molecule has 0 aliphatic carbocycles. The first kappa shape index (κ1) is 16.5. The van der Waals surface area contributed by atoms with E-state index in [1.807, 2.05) is 30.0 Å². The van der Waals surface area contributed by atoms with Gasteiger partial charge in [-0.3, -0.25) is 0 Å². The molecule has 0 heterocycles. The van der Waals surface area contributed by atoms with Gasteiger partial charge in [0.25, 0.3) is 0 Å². The monoisotopic (exact) mass is 281 g/mol. The number of hydrogen-bond donors (Lipinski definition) is 2. The third-order valence-corrected chi connectivity index (χ3v) is 4.52. The lowest BCUT2D eigenvalue weighted by molar-refractivity contribution is 0.181. The van der Waals surface area contributed by atoms with E-state index in [2.05, 4.69) is 38.2 Å². The number of likely N-dealkylation sites (N-methyl/N-ethyl adjacent to an activating group) is 1. The Morgan fingerprint density at radius 3 is 2.47 bits per heavy atom. The second-order valence-corrected chi connectivity index (χ2v) is 6.48. The fourth-order valence-corrected chi connectivity index (χ4v) is 3.58. The topological polar surface area (TPSA) is 32.3 Å². The van der Waals surface area contributed by atoms with Crippen LogP contribution in [0.15, 0.2) is 30.3 Å². The molecule has 2 N–H and O–H groups in total. The number of rotatable bonds is 9. The quantitative estimate of drug-likeness (QED) is 0.681. The molecule has 1 aromatic carbocycles. The minimum atomic E-state index is -0.308. The molecular formula is C16H27NOS. The van der Waals surface area contributed by atoms with E-state index in [0.29, 0.717) is 0 Å². The van der Waals surface area contributed by atoms with Crippen molar-refractivity contribution in [3.8, 4) is 0 Å². The van der Waals surface area contributed by atoms with E-state index in [9.17, 15) is 5.11 Å². The van der Waals surface area contributed by atoms with Crippen molar-refractivity contribution < 1.29 is 5.11 Å². The highest BCUT2D eigenvalue weighted by Crippen LogP contribution is 2.26. The summed E-state index contributed by atoms with van der Waals surface area (Å²) in [5.74, 6) is 2.80. The molecule has 0 aliphatic rings. The molecule has 1 rings (SSSR count). The summed E-state index contributed by atoms with van der Waals surface area (Å²) in [5, 5.41) is 13.4. The molecule has 0 aliphatic heterocycles. The van der Waals surface area contributed by atoms with E-state index in [-0.39, 0.29) is 12.1 Å². The Balaban J connectivity index is 2.70. The molecule has 0 aromatic heterocycles. The molecule has 2 nitrogen and oxygen atoms in total. The summed E-state index contributed by atoms with van der Waals surface area (Å²) in [6.07, 6.45) is 1.23. The van der Waals surface area contributed by atoms with Gasteiger partial charge in [0.1, 0.15) is 0 Å². The summed E-state index contributed by atoms with van der Waals surface area (Å²) in [6.45, 7) is 7.59. The van der Waals surface area contributed by atoms with Crippen molar-refractivity contribution in [2.75, 3.05) is 24.7 Å². The summed E-state index contributed by atoms with van der Waals surface area (Å²) >= 11 is 1.93. The minimum absolute atomic E-state index is 0.138. The lowest BCUT2D eigenvalue weighted by Crippen LogP contribution is -2.48. The third-order valence-electron chi connectivity index (χ3n) is 3.30. The molecule has 0 bridgehead atoms. The Bertz CT molecular complexity index is 342. The van der Waals surface area contributed by atoms with Crippen LogP contribution in [0.3, 0.4) is 0 Å². The van der Waals surface area contributed by atoms with E-state index in [1.54, 1.807) is 0 Å². The average molecular weight is 281 g/mol. The lowest BCUT2D eigenvalue weighted by Gasteiger charge is -2.33. The molecule has 0 radical (unpaired) electrons. The van der Waals surface area contributed by atoms with Gasteiger partial charge >= 0.3 is 0 Å². The van der Waals surface area contributed by atoms with Gasteiger partial charge in [0, 0.05) is 5.75 Å². The van der Waals surface area contributed by atoms with Gasteiger partial charge < -0.3 is 10.4 Å². The Hall–Kier alpha value is -0.510. The van der Waals surface area contributed by atoms with Crippen molar-refractivity contribution in [3.63, 3.8) is 0 Å². The van der Waals surface area contributed by atoms with E-state index in [0.717, 1.165) is 24.0 Å². The normalized spacial score (nSPS) is 14.6. The molecule has 108 valence electrons. The number of benzene rings is 1. The van der Waals surface area contributed by atoms with E-state index in [4.69, 9.17) is 0 Å². The first-order valence-electron chi connectivity index (χ1n) is 7.13. The smallest absolute Gasteiger partial charge is 0.0760 e. The maximum absolute atomic E-state index is 9.89. The van der Waals surface area contributed by atoms with Crippen LogP contribution in [-0.4, -0.2) is 29.8 Å². The van der Waals surface area contributed by atoms with Crippen LogP contribution in [0.25, 0.3) is 0 Å². The highest BCUT2D eigenvalue weighted by molar-refractivity contribution is 7.99. The van der Waals surface area contributed by atoms with Crippen molar-refractivity contribution in [2.45, 2.75) is 32.7 Å². The Labute approximate surface area is 122 Å². The van der Waals surface area contributed by atoms with Gasteiger partial charge in [0.2, 0.25) is 0 Å². The summed E-state index contributed by atoms with van der Waals surface area (Å²) in [5.41, 5.74) is 0.869. The van der Waals surface area contributed by atoms with Gasteiger partial charge in [-0.2, -0.15) is 11.8 Å². The van der Waals surface area contributed by atoms with Gasteiger partial charge in [-0.1, -0.05) is 51.1 Å². The number of hydrogen-bond acceptors (Lipinski definition) is 3. The van der Waals surface area contributed by atoms with Crippen LogP contribution >= 0.6 is 11.8 Å². The maximum atomic E-state index is 9.89. The summed E-state index contributed by atoms with van der Waals surface area (Å²) in [4.78, 5) is 0. The van der Waals surface area contributed by atoms with Crippen LogP contribution in [0, 0.1) is 5.92 Å². The Kier molecular flexibility index (Phi) is 7.51. The fraction of sp³-hybridized carbons (Fsp3) is 0.625. The van der Waals surface area contributed by atoms with Crippen LogP contribution in [0.1, 0.15) is 32.8 Å². The van der Waals surface area contributed by atoms with Crippen LogP contribution in [0.5, 0.6) is 0 Å². The predicted octanol–water partition coefficient (Wildman–Crippen LogP) is 3.26. The van der Waals surface area contributed by atoms with Crippen LogP contribution in [0.4, 0.5) is 0 Å². The van der Waals surface area contributed by atoms with Gasteiger partial charge in [0.05, 0.1) is 12.1 Å². The van der Waals surface area contributed by atoms with Crippen LogP contribution < -0.4 is 5.32 Å². The molecule has 1 atom stereocenters. The Morgan fingerprint density at radius 1 is 1.26 bits per heavy atom. The van der Waals surface area contributed by atoms with Crippen molar-refractivity contribution in [3.05, 3.63) is 35.9 Å². The summed E-state index contributed by atoms with van der Waals surface area (Å²) in [7, 11) is 0. The third kappa shape index (κ3) is 5.17. The zero-order valence-electron chi connectivity index (χ0n) is 12.4. The fourth-order valence-electron chi connectivity index (χ4n) is 2.09. The lowest BCUT2D eigenvalue weighted by atomic mass is 9.92. The molecule has 0 saturated carbocycles. The number of aliphatic hydroxyl groups is 1. The van der Waals surface area contributed by atoms with Crippen molar-refractivity contribution in [1.29, 1.82) is 0 Å². The highest BCUT2D eigenvalue weighted by atomic mass is 32.2. The number of aliphatic hydroxyl groups excluding tert-OH is 1. The van der Waals surface area contributed by atoms with Gasteiger partial charge in [-0.15, -0.1) is 0 Å². The molecule has 19 heavy (non-hydrogen) atoms. The number of nitrogens with one attached hydrogen (secondary N) is 1. The minimum Gasteiger partial charge on any atom is -0.394 e. The van der Waals surface area contributed by atoms with Crippen LogP contribution in [-0.2, 0) is 5.54 Å². The van der Waals surface area contributed by atoms with Crippen LogP contribution in [0.2, 0.25) is 0 Å². The van der Waals surface area contributed by atoms with Crippen molar-refractivity contribution in [1.82, 2.24) is 5.32 Å². The Morgan fingerprint density at radius 2 is 1.95 bits per heavy atom. The molecular weight excluding hydrogens is 254 g/mol. The highest BCUT2D eigenvalue weighted by Gasteiger charge is 2.30. The summed E-state index contributed by atoms with van der Waals surface area (Å²) in [6, 6.07) is 10.3. The molecule has 0 fully saturated rings. The first-order valence-corrected chi connectivity index (χ1v) is 8.29. The van der Waals surface area contributed by atoms with Crippen molar-refractivity contribution >= 4 is 11.8 Å². The molecule has 0 amide bonds. The summed E-state index contributed by atoms with van der Waals surface area (Å²) < 4.78 is 0. The van der Waals surface area contributed by atoms with E-state index >= 15 is 0 Å². The van der Waals surface area contributed by atoms with Gasteiger partial charge in [-0.25, -0.2) is 0 Å².